The molecule has 4 aromatic heterocycles. The third-order valence-electron chi connectivity index (χ3n) is 5.89. The Labute approximate surface area is 218 Å². The van der Waals surface area contributed by atoms with E-state index in [2.05, 4.69) is 24.9 Å². The van der Waals surface area contributed by atoms with E-state index in [-0.39, 0.29) is 11.5 Å². The molecule has 0 saturated carbocycles. The topological polar surface area (TPSA) is 151 Å². The highest BCUT2D eigenvalue weighted by Crippen LogP contribution is 2.25. The average molecular weight is 504 g/mol. The van der Waals surface area contributed by atoms with Crippen molar-refractivity contribution in [3.05, 3.63) is 101 Å². The Hall–Kier alpha value is -5.25. The third kappa shape index (κ3) is 4.74. The molecule has 10 heteroatoms. The first-order chi connectivity index (χ1) is 18.5. The summed E-state index contributed by atoms with van der Waals surface area (Å²) in [5.41, 5.74) is 15.3. The lowest BCUT2D eigenvalue weighted by Crippen LogP contribution is -2.24. The number of pyridine rings is 1. The molecule has 0 spiro atoms. The molecule has 0 aliphatic carbocycles. The molecule has 0 atom stereocenters. The molecule has 0 radical (unpaired) electrons. The van der Waals surface area contributed by atoms with Crippen LogP contribution in [0.25, 0.3) is 38.8 Å². The van der Waals surface area contributed by atoms with Crippen molar-refractivity contribution in [3.8, 4) is 16.8 Å². The Morgan fingerprint density at radius 1 is 0.816 bits per heavy atom. The van der Waals surface area contributed by atoms with E-state index >= 15 is 0 Å². The summed E-state index contributed by atoms with van der Waals surface area (Å²) in [6.07, 6.45) is 5.80. The quantitative estimate of drug-likeness (QED) is 0.366. The van der Waals surface area contributed by atoms with Gasteiger partial charge in [0, 0.05) is 30.6 Å². The van der Waals surface area contributed by atoms with Crippen molar-refractivity contribution < 1.29 is 0 Å². The number of hydrogen-bond donors (Lipinski definition) is 2. The van der Waals surface area contributed by atoms with Gasteiger partial charge >= 0.3 is 0 Å². The molecule has 2 aromatic carbocycles. The predicted molar refractivity (Wildman–Crippen MR) is 149 cm³/mol. The number of aryl methyl sites for hydroxylation is 2. The lowest BCUT2D eigenvalue weighted by molar-refractivity contribution is 0.833. The van der Waals surface area contributed by atoms with Crippen molar-refractivity contribution in [2.75, 3.05) is 11.5 Å². The predicted octanol–water partition coefficient (Wildman–Crippen LogP) is 3.90. The van der Waals surface area contributed by atoms with Gasteiger partial charge in [0.1, 0.15) is 17.2 Å². The molecule has 4 heterocycles. The second-order valence-corrected chi connectivity index (χ2v) is 8.41. The van der Waals surface area contributed by atoms with Crippen molar-refractivity contribution in [1.29, 1.82) is 0 Å². The van der Waals surface area contributed by atoms with Gasteiger partial charge in [0.2, 0.25) is 5.95 Å². The first-order valence-corrected chi connectivity index (χ1v) is 12.0. The minimum atomic E-state index is -0.0748. The molecule has 0 aliphatic heterocycles. The molecular weight excluding hydrogens is 478 g/mol. The Morgan fingerprint density at radius 2 is 1.55 bits per heavy atom. The summed E-state index contributed by atoms with van der Waals surface area (Å²) in [6, 6.07) is 18.9. The van der Waals surface area contributed by atoms with E-state index in [0.29, 0.717) is 40.0 Å². The van der Waals surface area contributed by atoms with Gasteiger partial charge in [-0.05, 0) is 42.8 Å². The molecule has 0 aliphatic rings. The molecule has 4 N–H and O–H groups in total. The number of para-hydroxylation sites is 1. The molecule has 38 heavy (non-hydrogen) atoms. The summed E-state index contributed by atoms with van der Waals surface area (Å²) in [5.74, 6) is 1.93. The Bertz CT molecular complexity index is 1800. The summed E-state index contributed by atoms with van der Waals surface area (Å²) >= 11 is 0. The molecule has 10 nitrogen and oxygen atoms in total. The van der Waals surface area contributed by atoms with Crippen LogP contribution in [-0.4, -0.2) is 34.5 Å². The van der Waals surface area contributed by atoms with Gasteiger partial charge in [-0.2, -0.15) is 4.98 Å². The number of benzene rings is 2. The molecule has 6 rings (SSSR count). The number of nitrogen functional groups attached to an aromatic ring is 2. The number of hydrogen-bond acceptors (Lipinski definition) is 9. The summed E-state index contributed by atoms with van der Waals surface area (Å²) in [6.45, 7) is 3.84. The first kappa shape index (κ1) is 24.4. The lowest BCUT2D eigenvalue weighted by atomic mass is 10.0. The highest BCUT2D eigenvalue weighted by molar-refractivity contribution is 5.94. The van der Waals surface area contributed by atoms with Gasteiger partial charge in [-0.15, -0.1) is 0 Å². The normalized spacial score (nSPS) is 10.8. The zero-order valence-electron chi connectivity index (χ0n) is 20.9. The number of nitrogens with zero attached hydrogens (tertiary/aromatic N) is 7. The van der Waals surface area contributed by atoms with E-state index < -0.39 is 0 Å². The Morgan fingerprint density at radius 3 is 2.29 bits per heavy atom. The van der Waals surface area contributed by atoms with Crippen LogP contribution in [0, 0.1) is 6.92 Å². The molecule has 0 saturated heterocycles. The maximum Gasteiger partial charge on any atom is 0.266 e. The van der Waals surface area contributed by atoms with E-state index in [1.165, 1.54) is 0 Å². The van der Waals surface area contributed by atoms with Crippen molar-refractivity contribution in [2.45, 2.75) is 20.3 Å². The van der Waals surface area contributed by atoms with Gasteiger partial charge in [0.25, 0.3) is 5.56 Å². The van der Waals surface area contributed by atoms with Crippen molar-refractivity contribution in [2.24, 2.45) is 0 Å². The molecule has 0 bridgehead atoms. The zero-order chi connectivity index (χ0) is 26.6. The Balaban J connectivity index is 0.000000204. The highest BCUT2D eigenvalue weighted by Gasteiger charge is 2.15. The Kier molecular flexibility index (Phi) is 6.68. The van der Waals surface area contributed by atoms with Crippen LogP contribution < -0.4 is 17.0 Å². The fourth-order valence-electron chi connectivity index (χ4n) is 4.14. The van der Waals surface area contributed by atoms with Crippen molar-refractivity contribution in [3.63, 3.8) is 0 Å². The third-order valence-corrected chi connectivity index (χ3v) is 5.89. The van der Waals surface area contributed by atoms with Crippen LogP contribution in [-0.2, 0) is 6.42 Å². The van der Waals surface area contributed by atoms with Gasteiger partial charge in [0.15, 0.2) is 5.82 Å². The van der Waals surface area contributed by atoms with Crippen LogP contribution in [0.15, 0.2) is 84.0 Å². The van der Waals surface area contributed by atoms with Crippen LogP contribution in [0.3, 0.4) is 0 Å². The summed E-state index contributed by atoms with van der Waals surface area (Å²) in [7, 11) is 0. The van der Waals surface area contributed by atoms with E-state index in [0.717, 1.165) is 22.6 Å². The maximum absolute atomic E-state index is 13.5. The van der Waals surface area contributed by atoms with Gasteiger partial charge in [0.05, 0.1) is 22.1 Å². The monoisotopic (exact) mass is 503 g/mol. The standard InChI is InChI=1S/C21H18N4O.C7H7N5/c1-3-19-24-18-11-7-10-17(15-12-22-14(2)23-13-15)20(18)21(26)25(19)16-8-5-4-6-9-16;8-6-5-4(2-1-3-10-5)11-7(9)12-6/h4-13H,3H2,1-2H3;1-3H,(H4,8,9,11,12). The van der Waals surface area contributed by atoms with E-state index in [1.54, 1.807) is 35.3 Å². The van der Waals surface area contributed by atoms with Gasteiger partial charge in [-0.1, -0.05) is 37.3 Å². The smallest absolute Gasteiger partial charge is 0.266 e. The maximum atomic E-state index is 13.5. The van der Waals surface area contributed by atoms with Crippen molar-refractivity contribution >= 4 is 33.7 Å². The highest BCUT2D eigenvalue weighted by atomic mass is 16.1. The average Bonchev–Trinajstić information content (AvgIpc) is 2.94. The summed E-state index contributed by atoms with van der Waals surface area (Å²) < 4.78 is 1.70. The summed E-state index contributed by atoms with van der Waals surface area (Å²) in [4.78, 5) is 38.5. The lowest BCUT2D eigenvalue weighted by Gasteiger charge is -2.14. The van der Waals surface area contributed by atoms with Crippen LogP contribution in [0.2, 0.25) is 0 Å². The number of rotatable bonds is 3. The SMILES string of the molecule is CCc1nc2cccc(-c3cnc(C)nc3)c2c(=O)n1-c1ccccc1.Nc1nc(N)c2ncccc2n1. The molecule has 6 aromatic rings. The van der Waals surface area contributed by atoms with E-state index in [1.807, 2.05) is 62.4 Å². The largest absolute Gasteiger partial charge is 0.382 e. The number of fused-ring (bicyclic) bond motifs is 2. The zero-order valence-corrected chi connectivity index (χ0v) is 20.9. The van der Waals surface area contributed by atoms with Crippen molar-refractivity contribution in [1.82, 2.24) is 34.5 Å². The fourth-order valence-corrected chi connectivity index (χ4v) is 4.14. The fraction of sp³-hybridized carbons (Fsp3) is 0.107. The number of anilines is 2. The van der Waals surface area contributed by atoms with Crippen LogP contribution >= 0.6 is 0 Å². The molecule has 188 valence electrons. The van der Waals surface area contributed by atoms with Crippen LogP contribution in [0.1, 0.15) is 18.6 Å². The molecule has 0 amide bonds. The minimum absolute atomic E-state index is 0.0748. The molecular formula is C28H25N9O. The number of aromatic nitrogens is 7. The first-order valence-electron chi connectivity index (χ1n) is 12.0. The summed E-state index contributed by atoms with van der Waals surface area (Å²) in [5, 5.41) is 0.584. The van der Waals surface area contributed by atoms with Gasteiger partial charge < -0.3 is 11.5 Å². The molecule has 0 unspecified atom stereocenters. The number of nitrogens with two attached hydrogens (primary N) is 2. The van der Waals surface area contributed by atoms with Gasteiger partial charge in [-0.3, -0.25) is 14.3 Å². The second-order valence-electron chi connectivity index (χ2n) is 8.41. The van der Waals surface area contributed by atoms with Crippen LogP contribution in [0.5, 0.6) is 0 Å². The van der Waals surface area contributed by atoms with Crippen LogP contribution in [0.4, 0.5) is 11.8 Å². The van der Waals surface area contributed by atoms with E-state index in [4.69, 9.17) is 16.5 Å². The second kappa shape index (κ2) is 10.4. The minimum Gasteiger partial charge on any atom is -0.382 e. The van der Waals surface area contributed by atoms with E-state index in [9.17, 15) is 4.79 Å². The van der Waals surface area contributed by atoms with Gasteiger partial charge in [-0.25, -0.2) is 19.9 Å². The molecule has 0 fully saturated rings.